The zero-order chi connectivity index (χ0) is 12.3. The summed E-state index contributed by atoms with van der Waals surface area (Å²) in [6, 6.07) is 13.6. The minimum absolute atomic E-state index is 0.185. The number of hydrogen-bond donors (Lipinski definition) is 0. The van der Waals surface area contributed by atoms with Gasteiger partial charge in [0.25, 0.3) is 0 Å². The van der Waals surface area contributed by atoms with Gasteiger partial charge in [0.05, 0.1) is 15.6 Å². The molecule has 2 aromatic carbocycles. The summed E-state index contributed by atoms with van der Waals surface area (Å²) >= 11 is 11.8. The maximum absolute atomic E-state index is 11.8. The van der Waals surface area contributed by atoms with Gasteiger partial charge in [-0.05, 0) is 24.3 Å². The van der Waals surface area contributed by atoms with Crippen LogP contribution in [0.2, 0.25) is 10.0 Å². The van der Waals surface area contributed by atoms with E-state index in [2.05, 4.69) is 0 Å². The van der Waals surface area contributed by atoms with E-state index in [1.807, 2.05) is 6.07 Å². The average Bonchev–Trinajstić information content (AvgIpc) is 2.35. The number of ether oxygens (including phenoxy) is 1. The number of benzene rings is 2. The highest BCUT2D eigenvalue weighted by Gasteiger charge is 2.13. The number of esters is 1. The molecule has 0 aromatic heterocycles. The first-order valence-electron chi connectivity index (χ1n) is 4.90. The molecule has 0 atom stereocenters. The molecular formula is C13H8Cl2O2. The molecular weight excluding hydrogens is 259 g/mol. The van der Waals surface area contributed by atoms with E-state index in [0.717, 1.165) is 0 Å². The third kappa shape index (κ3) is 2.78. The normalized spacial score (nSPS) is 10.0. The zero-order valence-electron chi connectivity index (χ0n) is 8.69. The van der Waals surface area contributed by atoms with Crippen molar-refractivity contribution < 1.29 is 9.53 Å². The van der Waals surface area contributed by atoms with Crippen molar-refractivity contribution >= 4 is 29.2 Å². The first kappa shape index (κ1) is 12.0. The molecule has 0 aliphatic carbocycles. The van der Waals surface area contributed by atoms with Gasteiger partial charge in [0.2, 0.25) is 0 Å². The van der Waals surface area contributed by atoms with Crippen LogP contribution in [0.15, 0.2) is 48.5 Å². The molecule has 2 rings (SSSR count). The Bertz CT molecular complexity index is 518. The summed E-state index contributed by atoms with van der Waals surface area (Å²) in [4.78, 5) is 11.8. The lowest BCUT2D eigenvalue weighted by molar-refractivity contribution is 0.0735. The van der Waals surface area contributed by atoms with Gasteiger partial charge in [0, 0.05) is 0 Å². The minimum Gasteiger partial charge on any atom is -0.420 e. The predicted molar refractivity (Wildman–Crippen MR) is 67.9 cm³/mol. The highest BCUT2D eigenvalue weighted by molar-refractivity contribution is 6.37. The molecule has 0 N–H and O–H groups in total. The maximum atomic E-state index is 11.8. The lowest BCUT2D eigenvalue weighted by atomic mass is 10.2. The Labute approximate surface area is 109 Å². The molecule has 0 spiro atoms. The van der Waals surface area contributed by atoms with Crippen LogP contribution in [0.5, 0.6) is 5.75 Å². The molecule has 0 bridgehead atoms. The molecule has 0 fully saturated rings. The lowest BCUT2D eigenvalue weighted by Crippen LogP contribution is -2.08. The Kier molecular flexibility index (Phi) is 3.67. The summed E-state index contributed by atoms with van der Waals surface area (Å²) in [6.45, 7) is 0. The van der Waals surface area contributed by atoms with Crippen LogP contribution in [-0.2, 0) is 0 Å². The van der Waals surface area contributed by atoms with Crippen molar-refractivity contribution in [3.63, 3.8) is 0 Å². The average molecular weight is 267 g/mol. The number of rotatable bonds is 2. The SMILES string of the molecule is O=C(Oc1c(Cl)cccc1Cl)c1ccccc1. The van der Waals surface area contributed by atoms with Gasteiger partial charge in [0.15, 0.2) is 5.75 Å². The number of carbonyl (C=O) groups is 1. The van der Waals surface area contributed by atoms with Crippen molar-refractivity contribution in [1.82, 2.24) is 0 Å². The van der Waals surface area contributed by atoms with E-state index < -0.39 is 5.97 Å². The summed E-state index contributed by atoms with van der Waals surface area (Å²) in [5, 5.41) is 0.614. The first-order valence-corrected chi connectivity index (χ1v) is 5.65. The predicted octanol–water partition coefficient (Wildman–Crippen LogP) is 4.21. The van der Waals surface area contributed by atoms with E-state index in [0.29, 0.717) is 15.6 Å². The number of para-hydroxylation sites is 1. The van der Waals surface area contributed by atoms with E-state index in [9.17, 15) is 4.79 Å². The third-order valence-corrected chi connectivity index (χ3v) is 2.72. The smallest absolute Gasteiger partial charge is 0.343 e. The molecule has 0 unspecified atom stereocenters. The number of hydrogen-bond acceptors (Lipinski definition) is 2. The first-order chi connectivity index (χ1) is 8.18. The third-order valence-electron chi connectivity index (χ3n) is 2.12. The van der Waals surface area contributed by atoms with E-state index in [1.54, 1.807) is 42.5 Å². The van der Waals surface area contributed by atoms with Gasteiger partial charge in [-0.1, -0.05) is 47.5 Å². The van der Waals surface area contributed by atoms with Gasteiger partial charge in [0.1, 0.15) is 0 Å². The van der Waals surface area contributed by atoms with Crippen LogP contribution in [0.25, 0.3) is 0 Å². The van der Waals surface area contributed by atoms with Crippen molar-refractivity contribution in [2.75, 3.05) is 0 Å². The van der Waals surface area contributed by atoms with E-state index >= 15 is 0 Å². The molecule has 17 heavy (non-hydrogen) atoms. The summed E-state index contributed by atoms with van der Waals surface area (Å²) < 4.78 is 5.16. The maximum Gasteiger partial charge on any atom is 0.343 e. The van der Waals surface area contributed by atoms with Crippen LogP contribution in [0, 0.1) is 0 Å². The van der Waals surface area contributed by atoms with Crippen LogP contribution < -0.4 is 4.74 Å². The Balaban J connectivity index is 2.25. The quantitative estimate of drug-likeness (QED) is 0.601. The van der Waals surface area contributed by atoms with Crippen LogP contribution >= 0.6 is 23.2 Å². The molecule has 0 saturated heterocycles. The number of halogens is 2. The van der Waals surface area contributed by atoms with Gasteiger partial charge in [-0.2, -0.15) is 0 Å². The van der Waals surface area contributed by atoms with E-state index in [4.69, 9.17) is 27.9 Å². The van der Waals surface area contributed by atoms with Crippen molar-refractivity contribution in [1.29, 1.82) is 0 Å². The van der Waals surface area contributed by atoms with Crippen molar-refractivity contribution in [3.05, 3.63) is 64.1 Å². The Morgan fingerprint density at radius 1 is 0.882 bits per heavy atom. The fourth-order valence-electron chi connectivity index (χ4n) is 1.31. The van der Waals surface area contributed by atoms with Gasteiger partial charge >= 0.3 is 5.97 Å². The van der Waals surface area contributed by atoms with Gasteiger partial charge in [-0.15, -0.1) is 0 Å². The highest BCUT2D eigenvalue weighted by Crippen LogP contribution is 2.32. The summed E-state index contributed by atoms with van der Waals surface area (Å²) in [5.41, 5.74) is 0.448. The van der Waals surface area contributed by atoms with E-state index in [1.165, 1.54) is 0 Å². The summed E-state index contributed by atoms with van der Waals surface area (Å²) in [6.07, 6.45) is 0. The van der Waals surface area contributed by atoms with Gasteiger partial charge in [-0.3, -0.25) is 0 Å². The zero-order valence-corrected chi connectivity index (χ0v) is 10.2. The van der Waals surface area contributed by atoms with Crippen molar-refractivity contribution in [2.24, 2.45) is 0 Å². The molecule has 0 amide bonds. The standard InChI is InChI=1S/C13H8Cl2O2/c14-10-7-4-8-11(15)12(10)17-13(16)9-5-2-1-3-6-9/h1-8H. The highest BCUT2D eigenvalue weighted by atomic mass is 35.5. The largest absolute Gasteiger partial charge is 0.420 e. The fourth-order valence-corrected chi connectivity index (χ4v) is 1.78. The Morgan fingerprint density at radius 2 is 1.47 bits per heavy atom. The van der Waals surface area contributed by atoms with Crippen LogP contribution in [0.4, 0.5) is 0 Å². The molecule has 86 valence electrons. The van der Waals surface area contributed by atoms with Crippen molar-refractivity contribution in [3.8, 4) is 5.75 Å². The van der Waals surface area contributed by atoms with Crippen molar-refractivity contribution in [2.45, 2.75) is 0 Å². The second-order valence-electron chi connectivity index (χ2n) is 3.31. The fraction of sp³-hybridized carbons (Fsp3) is 0. The molecule has 0 saturated carbocycles. The van der Waals surface area contributed by atoms with Crippen LogP contribution in [0.3, 0.4) is 0 Å². The molecule has 0 heterocycles. The molecule has 0 aliphatic rings. The molecule has 4 heteroatoms. The monoisotopic (exact) mass is 266 g/mol. The molecule has 0 radical (unpaired) electrons. The lowest BCUT2D eigenvalue weighted by Gasteiger charge is -2.07. The molecule has 0 aliphatic heterocycles. The Morgan fingerprint density at radius 3 is 2.06 bits per heavy atom. The van der Waals surface area contributed by atoms with Crippen LogP contribution in [0.1, 0.15) is 10.4 Å². The van der Waals surface area contributed by atoms with Crippen LogP contribution in [-0.4, -0.2) is 5.97 Å². The molecule has 2 aromatic rings. The molecule has 2 nitrogen and oxygen atoms in total. The minimum atomic E-state index is -0.486. The number of carbonyl (C=O) groups excluding carboxylic acids is 1. The summed E-state index contributed by atoms with van der Waals surface area (Å²) in [5.74, 6) is -0.301. The van der Waals surface area contributed by atoms with Gasteiger partial charge < -0.3 is 4.74 Å². The second-order valence-corrected chi connectivity index (χ2v) is 4.12. The van der Waals surface area contributed by atoms with Gasteiger partial charge in [-0.25, -0.2) is 4.79 Å². The second kappa shape index (κ2) is 5.21. The summed E-state index contributed by atoms with van der Waals surface area (Å²) in [7, 11) is 0. The Hall–Kier alpha value is -1.51. The topological polar surface area (TPSA) is 26.3 Å². The van der Waals surface area contributed by atoms with E-state index in [-0.39, 0.29) is 5.75 Å².